The average molecular weight is 332 g/mol. The van der Waals surface area contributed by atoms with Gasteiger partial charge < -0.3 is 15.4 Å². The highest BCUT2D eigenvalue weighted by Crippen LogP contribution is 2.45. The van der Waals surface area contributed by atoms with Crippen molar-refractivity contribution in [1.82, 2.24) is 10.6 Å². The quantitative estimate of drug-likeness (QED) is 0.798. The van der Waals surface area contributed by atoms with Gasteiger partial charge in [-0.05, 0) is 44.4 Å². The zero-order valence-corrected chi connectivity index (χ0v) is 14.4. The highest BCUT2D eigenvalue weighted by molar-refractivity contribution is 7.90. The lowest BCUT2D eigenvalue weighted by Crippen LogP contribution is -2.51. The highest BCUT2D eigenvalue weighted by atomic mass is 32.2. The van der Waals surface area contributed by atoms with Crippen LogP contribution in [0.1, 0.15) is 45.4 Å². The Kier molecular flexibility index (Phi) is 5.71. The molecule has 2 amide bonds. The fourth-order valence-electron chi connectivity index (χ4n) is 3.63. The van der Waals surface area contributed by atoms with Crippen molar-refractivity contribution in [3.05, 3.63) is 0 Å². The van der Waals surface area contributed by atoms with Crippen LogP contribution in [0.2, 0.25) is 0 Å². The minimum absolute atomic E-state index is 0.0964. The van der Waals surface area contributed by atoms with Crippen molar-refractivity contribution in [2.45, 2.75) is 57.5 Å². The number of carbonyl (C=O) groups excluding carboxylic acids is 1. The molecule has 1 aliphatic carbocycles. The van der Waals surface area contributed by atoms with Crippen LogP contribution in [0.15, 0.2) is 0 Å². The van der Waals surface area contributed by atoms with Crippen molar-refractivity contribution < 1.29 is 17.9 Å². The van der Waals surface area contributed by atoms with E-state index in [2.05, 4.69) is 10.6 Å². The van der Waals surface area contributed by atoms with E-state index in [9.17, 15) is 13.2 Å². The van der Waals surface area contributed by atoms with Crippen LogP contribution in [0.25, 0.3) is 0 Å². The SMILES string of the molecule is C[C@@H](CCS(C)(=O)=O)NC(=O)N[C@@H]1CCCC12CCOCC2. The maximum atomic E-state index is 12.2. The average Bonchev–Trinajstić information content (AvgIpc) is 2.79. The monoisotopic (exact) mass is 332 g/mol. The molecule has 0 aromatic rings. The Balaban J connectivity index is 1.81. The summed E-state index contributed by atoms with van der Waals surface area (Å²) in [6.07, 6.45) is 7.01. The van der Waals surface area contributed by atoms with Crippen LogP contribution in [0, 0.1) is 5.41 Å². The molecule has 1 aliphatic heterocycles. The molecule has 7 heteroatoms. The summed E-state index contributed by atoms with van der Waals surface area (Å²) in [7, 11) is -2.99. The molecule has 2 N–H and O–H groups in total. The van der Waals surface area contributed by atoms with Gasteiger partial charge in [0.05, 0.1) is 5.75 Å². The molecule has 0 aromatic heterocycles. The molecular formula is C15H28N2O4S. The molecule has 2 fully saturated rings. The molecule has 1 heterocycles. The van der Waals surface area contributed by atoms with E-state index < -0.39 is 9.84 Å². The third kappa shape index (κ3) is 4.84. The second kappa shape index (κ2) is 7.17. The van der Waals surface area contributed by atoms with Crippen molar-refractivity contribution in [1.29, 1.82) is 0 Å². The van der Waals surface area contributed by atoms with Gasteiger partial charge in [0, 0.05) is 31.6 Å². The van der Waals surface area contributed by atoms with Crippen LogP contribution in [0.4, 0.5) is 4.79 Å². The summed E-state index contributed by atoms with van der Waals surface area (Å²) in [5.74, 6) is 0.0964. The Labute approximate surface area is 133 Å². The zero-order chi connectivity index (χ0) is 16.2. The lowest BCUT2D eigenvalue weighted by atomic mass is 9.75. The van der Waals surface area contributed by atoms with Gasteiger partial charge in [0.15, 0.2) is 0 Å². The standard InChI is InChI=1S/C15H28N2O4S/c1-12(5-11-22(2,19)20)16-14(18)17-13-4-3-6-15(13)7-9-21-10-8-15/h12-13H,3-11H2,1-2H3,(H2,16,17,18)/t12-,13+/m0/s1. The lowest BCUT2D eigenvalue weighted by molar-refractivity contribution is 0.00619. The molecule has 1 spiro atoms. The van der Waals surface area contributed by atoms with E-state index in [1.807, 2.05) is 6.92 Å². The Morgan fingerprint density at radius 1 is 1.32 bits per heavy atom. The summed E-state index contributed by atoms with van der Waals surface area (Å²) >= 11 is 0. The van der Waals surface area contributed by atoms with Gasteiger partial charge in [-0.25, -0.2) is 13.2 Å². The molecule has 0 radical (unpaired) electrons. The number of nitrogens with one attached hydrogen (secondary N) is 2. The highest BCUT2D eigenvalue weighted by Gasteiger charge is 2.44. The molecule has 0 unspecified atom stereocenters. The fraction of sp³-hybridized carbons (Fsp3) is 0.933. The molecule has 0 aromatic carbocycles. The van der Waals surface area contributed by atoms with Gasteiger partial charge in [-0.2, -0.15) is 0 Å². The zero-order valence-electron chi connectivity index (χ0n) is 13.6. The summed E-state index contributed by atoms with van der Waals surface area (Å²) in [6.45, 7) is 3.40. The third-order valence-corrected chi connectivity index (χ3v) is 5.98. The fourth-order valence-corrected chi connectivity index (χ4v) is 4.41. The van der Waals surface area contributed by atoms with Gasteiger partial charge in [0.2, 0.25) is 0 Å². The van der Waals surface area contributed by atoms with Crippen LogP contribution in [0.5, 0.6) is 0 Å². The van der Waals surface area contributed by atoms with Crippen molar-refractivity contribution in [3.63, 3.8) is 0 Å². The summed E-state index contributed by atoms with van der Waals surface area (Å²) in [6, 6.07) is -0.126. The molecule has 2 rings (SSSR count). The van der Waals surface area contributed by atoms with Gasteiger partial charge in [0.1, 0.15) is 9.84 Å². The van der Waals surface area contributed by atoms with E-state index in [4.69, 9.17) is 4.74 Å². The lowest BCUT2D eigenvalue weighted by Gasteiger charge is -2.39. The van der Waals surface area contributed by atoms with Gasteiger partial charge in [0.25, 0.3) is 0 Å². The first kappa shape index (κ1) is 17.5. The Bertz CT molecular complexity index is 486. The number of hydrogen-bond acceptors (Lipinski definition) is 4. The van der Waals surface area contributed by atoms with Crippen LogP contribution >= 0.6 is 0 Å². The summed E-state index contributed by atoms with van der Waals surface area (Å²) in [5, 5.41) is 5.97. The minimum atomic E-state index is -2.99. The molecule has 1 saturated heterocycles. The van der Waals surface area contributed by atoms with Crippen molar-refractivity contribution in [2.24, 2.45) is 5.41 Å². The van der Waals surface area contributed by atoms with Crippen LogP contribution in [0.3, 0.4) is 0 Å². The normalized spacial score (nSPS) is 25.8. The Morgan fingerprint density at radius 3 is 2.64 bits per heavy atom. The summed E-state index contributed by atoms with van der Waals surface area (Å²) in [5.41, 5.74) is 0.200. The molecule has 0 bridgehead atoms. The third-order valence-electron chi connectivity index (χ3n) is 5.00. The first-order chi connectivity index (χ1) is 10.3. The molecule has 128 valence electrons. The van der Waals surface area contributed by atoms with Gasteiger partial charge in [-0.1, -0.05) is 6.42 Å². The number of rotatable bonds is 5. The predicted octanol–water partition coefficient (Wildman–Crippen LogP) is 1.46. The number of urea groups is 1. The topological polar surface area (TPSA) is 84.5 Å². The number of ether oxygens (including phenoxy) is 1. The van der Waals surface area contributed by atoms with Gasteiger partial charge in [-0.3, -0.25) is 0 Å². The number of amides is 2. The Morgan fingerprint density at radius 2 is 2.00 bits per heavy atom. The number of hydrogen-bond donors (Lipinski definition) is 2. The van der Waals surface area contributed by atoms with E-state index in [1.165, 1.54) is 6.26 Å². The molecular weight excluding hydrogens is 304 g/mol. The summed E-state index contributed by atoms with van der Waals surface area (Å²) in [4.78, 5) is 12.2. The first-order valence-corrected chi connectivity index (χ1v) is 10.2. The van der Waals surface area contributed by atoms with Crippen molar-refractivity contribution in [3.8, 4) is 0 Å². The summed E-state index contributed by atoms with van der Waals surface area (Å²) < 4.78 is 27.8. The van der Waals surface area contributed by atoms with E-state index >= 15 is 0 Å². The van der Waals surface area contributed by atoms with E-state index in [0.717, 1.165) is 45.3 Å². The largest absolute Gasteiger partial charge is 0.381 e. The molecule has 22 heavy (non-hydrogen) atoms. The second-order valence-corrected chi connectivity index (χ2v) is 9.12. The van der Waals surface area contributed by atoms with Crippen LogP contribution in [-0.4, -0.2) is 51.8 Å². The number of carbonyl (C=O) groups is 1. The first-order valence-electron chi connectivity index (χ1n) is 8.13. The molecule has 6 nitrogen and oxygen atoms in total. The van der Waals surface area contributed by atoms with Crippen molar-refractivity contribution >= 4 is 15.9 Å². The Hall–Kier alpha value is -0.820. The van der Waals surface area contributed by atoms with E-state index in [0.29, 0.717) is 6.42 Å². The predicted molar refractivity (Wildman–Crippen MR) is 85.6 cm³/mol. The van der Waals surface area contributed by atoms with Crippen LogP contribution < -0.4 is 10.6 Å². The van der Waals surface area contributed by atoms with Crippen LogP contribution in [-0.2, 0) is 14.6 Å². The number of sulfone groups is 1. The molecule has 2 aliphatic rings. The van der Waals surface area contributed by atoms with Crippen molar-refractivity contribution in [2.75, 3.05) is 25.2 Å². The van der Waals surface area contributed by atoms with E-state index in [-0.39, 0.29) is 29.3 Å². The molecule has 1 saturated carbocycles. The smallest absolute Gasteiger partial charge is 0.315 e. The maximum Gasteiger partial charge on any atom is 0.315 e. The van der Waals surface area contributed by atoms with Gasteiger partial charge in [-0.15, -0.1) is 0 Å². The van der Waals surface area contributed by atoms with E-state index in [1.54, 1.807) is 0 Å². The minimum Gasteiger partial charge on any atom is -0.381 e. The van der Waals surface area contributed by atoms with Gasteiger partial charge >= 0.3 is 6.03 Å². The maximum absolute atomic E-state index is 12.2. The molecule has 2 atom stereocenters. The second-order valence-electron chi connectivity index (χ2n) is 6.86.